The van der Waals surface area contributed by atoms with Crippen molar-refractivity contribution in [3.8, 4) is 0 Å². The van der Waals surface area contributed by atoms with E-state index in [1.54, 1.807) is 37.2 Å². The van der Waals surface area contributed by atoms with E-state index in [4.69, 9.17) is 10.8 Å². The molecule has 1 amide bonds. The van der Waals surface area contributed by atoms with Gasteiger partial charge < -0.3 is 21.1 Å². The van der Waals surface area contributed by atoms with Crippen molar-refractivity contribution in [1.82, 2.24) is 4.90 Å². The molecule has 0 aliphatic carbocycles. The van der Waals surface area contributed by atoms with Crippen molar-refractivity contribution in [3.63, 3.8) is 0 Å². The third-order valence-electron chi connectivity index (χ3n) is 3.50. The average molecular weight is 293 g/mol. The summed E-state index contributed by atoms with van der Waals surface area (Å²) >= 11 is 0. The van der Waals surface area contributed by atoms with Gasteiger partial charge >= 0.3 is 0 Å². The lowest BCUT2D eigenvalue weighted by Crippen LogP contribution is -2.24. The number of amides is 1. The van der Waals surface area contributed by atoms with Crippen molar-refractivity contribution in [2.75, 3.05) is 38.3 Å². The van der Waals surface area contributed by atoms with Gasteiger partial charge in [0.25, 0.3) is 5.91 Å². The second-order valence-corrected chi connectivity index (χ2v) is 5.55. The minimum absolute atomic E-state index is 0.0494. The van der Waals surface area contributed by atoms with Crippen LogP contribution in [0.3, 0.4) is 0 Å². The Balaban J connectivity index is 2.85. The fourth-order valence-corrected chi connectivity index (χ4v) is 2.33. The SMILES string of the molecule is CCCC(CCO)CNc1cc(N)ccc1C(=O)N(C)C. The Bertz CT molecular complexity index is 455. The highest BCUT2D eigenvalue weighted by Crippen LogP contribution is 2.22. The standard InChI is InChI=1S/C16H27N3O2/c1-4-5-12(8-9-20)11-18-15-10-13(17)6-7-14(15)16(21)19(2)3/h6-7,10,12,18,20H,4-5,8-9,11,17H2,1-3H3. The largest absolute Gasteiger partial charge is 0.399 e. The number of hydrogen-bond acceptors (Lipinski definition) is 4. The van der Waals surface area contributed by atoms with Crippen LogP contribution in [0.2, 0.25) is 0 Å². The maximum absolute atomic E-state index is 12.2. The number of benzene rings is 1. The monoisotopic (exact) mass is 293 g/mol. The molecule has 0 bridgehead atoms. The first-order valence-electron chi connectivity index (χ1n) is 7.45. The van der Waals surface area contributed by atoms with E-state index in [9.17, 15) is 4.79 Å². The van der Waals surface area contributed by atoms with Crippen LogP contribution in [0.25, 0.3) is 0 Å². The smallest absolute Gasteiger partial charge is 0.255 e. The lowest BCUT2D eigenvalue weighted by atomic mass is 10.00. The molecule has 0 heterocycles. The lowest BCUT2D eigenvalue weighted by molar-refractivity contribution is 0.0828. The van der Waals surface area contributed by atoms with Gasteiger partial charge in [-0.25, -0.2) is 0 Å². The molecule has 0 radical (unpaired) electrons. The van der Waals surface area contributed by atoms with Crippen molar-refractivity contribution in [2.45, 2.75) is 26.2 Å². The number of carbonyl (C=O) groups is 1. The van der Waals surface area contributed by atoms with Crippen LogP contribution in [0, 0.1) is 5.92 Å². The molecule has 0 saturated carbocycles. The molecule has 5 nitrogen and oxygen atoms in total. The van der Waals surface area contributed by atoms with E-state index in [1.165, 1.54) is 0 Å². The van der Waals surface area contributed by atoms with Crippen LogP contribution >= 0.6 is 0 Å². The van der Waals surface area contributed by atoms with Gasteiger partial charge in [0.05, 0.1) is 5.56 Å². The zero-order chi connectivity index (χ0) is 15.8. The normalized spacial score (nSPS) is 12.0. The molecule has 0 aliphatic heterocycles. The van der Waals surface area contributed by atoms with Gasteiger partial charge in [0.15, 0.2) is 0 Å². The number of hydrogen-bond donors (Lipinski definition) is 3. The van der Waals surface area contributed by atoms with Gasteiger partial charge in [0, 0.05) is 38.6 Å². The minimum atomic E-state index is -0.0494. The number of anilines is 2. The van der Waals surface area contributed by atoms with E-state index in [1.807, 2.05) is 0 Å². The molecule has 5 heteroatoms. The molecule has 1 aromatic rings. The molecular formula is C16H27N3O2. The van der Waals surface area contributed by atoms with E-state index in [0.29, 0.717) is 17.2 Å². The Morgan fingerprint density at radius 2 is 2.10 bits per heavy atom. The molecule has 4 N–H and O–H groups in total. The summed E-state index contributed by atoms with van der Waals surface area (Å²) in [6, 6.07) is 5.28. The quantitative estimate of drug-likeness (QED) is 0.642. The zero-order valence-electron chi connectivity index (χ0n) is 13.2. The van der Waals surface area contributed by atoms with Crippen molar-refractivity contribution < 1.29 is 9.90 Å². The predicted octanol–water partition coefficient (Wildman–Crippen LogP) is 2.18. The van der Waals surface area contributed by atoms with E-state index in [0.717, 1.165) is 31.5 Å². The number of rotatable bonds is 8. The number of nitrogens with two attached hydrogens (primary N) is 1. The first-order valence-corrected chi connectivity index (χ1v) is 7.45. The second kappa shape index (κ2) is 8.52. The van der Waals surface area contributed by atoms with Gasteiger partial charge in [-0.2, -0.15) is 0 Å². The third kappa shape index (κ3) is 5.27. The summed E-state index contributed by atoms with van der Waals surface area (Å²) in [7, 11) is 3.46. The lowest BCUT2D eigenvalue weighted by Gasteiger charge is -2.20. The van der Waals surface area contributed by atoms with Gasteiger partial charge in [-0.1, -0.05) is 13.3 Å². The molecule has 0 aromatic heterocycles. The molecular weight excluding hydrogens is 266 g/mol. The van der Waals surface area contributed by atoms with Crippen molar-refractivity contribution in [3.05, 3.63) is 23.8 Å². The van der Waals surface area contributed by atoms with Crippen molar-refractivity contribution >= 4 is 17.3 Å². The molecule has 118 valence electrons. The summed E-state index contributed by atoms with van der Waals surface area (Å²) < 4.78 is 0. The highest BCUT2D eigenvalue weighted by atomic mass is 16.3. The minimum Gasteiger partial charge on any atom is -0.399 e. The number of nitrogens with zero attached hydrogens (tertiary/aromatic N) is 1. The Morgan fingerprint density at radius 1 is 1.38 bits per heavy atom. The van der Waals surface area contributed by atoms with Crippen LogP contribution in [0.15, 0.2) is 18.2 Å². The molecule has 0 spiro atoms. The zero-order valence-corrected chi connectivity index (χ0v) is 13.2. The molecule has 0 aliphatic rings. The second-order valence-electron chi connectivity index (χ2n) is 5.55. The maximum Gasteiger partial charge on any atom is 0.255 e. The predicted molar refractivity (Wildman–Crippen MR) is 87.5 cm³/mol. The van der Waals surface area contributed by atoms with Crippen molar-refractivity contribution in [1.29, 1.82) is 0 Å². The van der Waals surface area contributed by atoms with Crippen LogP contribution in [0.5, 0.6) is 0 Å². The molecule has 1 unspecified atom stereocenters. The molecule has 1 aromatic carbocycles. The van der Waals surface area contributed by atoms with Crippen LogP contribution in [0.4, 0.5) is 11.4 Å². The molecule has 1 rings (SSSR count). The van der Waals surface area contributed by atoms with E-state index in [-0.39, 0.29) is 12.5 Å². The Hall–Kier alpha value is -1.75. The van der Waals surface area contributed by atoms with E-state index >= 15 is 0 Å². The Labute approximate surface area is 127 Å². The number of carbonyl (C=O) groups excluding carboxylic acids is 1. The van der Waals surface area contributed by atoms with Crippen LogP contribution < -0.4 is 11.1 Å². The van der Waals surface area contributed by atoms with Crippen LogP contribution in [-0.4, -0.2) is 43.2 Å². The highest BCUT2D eigenvalue weighted by molar-refractivity contribution is 5.99. The Morgan fingerprint density at radius 3 is 2.67 bits per heavy atom. The van der Waals surface area contributed by atoms with Gasteiger partial charge in [0.2, 0.25) is 0 Å². The fraction of sp³-hybridized carbons (Fsp3) is 0.562. The van der Waals surface area contributed by atoms with Gasteiger partial charge in [-0.05, 0) is 37.0 Å². The summed E-state index contributed by atoms with van der Waals surface area (Å²) in [5.74, 6) is 0.343. The van der Waals surface area contributed by atoms with Gasteiger partial charge in [-0.3, -0.25) is 4.79 Å². The summed E-state index contributed by atoms with van der Waals surface area (Å²) in [6.45, 7) is 3.05. The third-order valence-corrected chi connectivity index (χ3v) is 3.50. The first-order chi connectivity index (χ1) is 9.99. The summed E-state index contributed by atoms with van der Waals surface area (Å²) in [4.78, 5) is 13.7. The number of nitrogens with one attached hydrogen (secondary N) is 1. The summed E-state index contributed by atoms with van der Waals surface area (Å²) in [5, 5.41) is 12.4. The van der Waals surface area contributed by atoms with Gasteiger partial charge in [-0.15, -0.1) is 0 Å². The Kier molecular flexibility index (Phi) is 7.02. The average Bonchev–Trinajstić information content (AvgIpc) is 2.44. The molecule has 1 atom stereocenters. The number of aliphatic hydroxyl groups excluding tert-OH is 1. The van der Waals surface area contributed by atoms with Crippen LogP contribution in [0.1, 0.15) is 36.5 Å². The highest BCUT2D eigenvalue weighted by Gasteiger charge is 2.15. The summed E-state index contributed by atoms with van der Waals surface area (Å²) in [6.07, 6.45) is 2.89. The molecule has 21 heavy (non-hydrogen) atoms. The fourth-order valence-electron chi connectivity index (χ4n) is 2.33. The topological polar surface area (TPSA) is 78.6 Å². The van der Waals surface area contributed by atoms with E-state index in [2.05, 4.69) is 12.2 Å². The number of aliphatic hydroxyl groups is 1. The maximum atomic E-state index is 12.2. The van der Waals surface area contributed by atoms with Crippen molar-refractivity contribution in [2.24, 2.45) is 5.92 Å². The number of nitrogen functional groups attached to an aromatic ring is 1. The van der Waals surface area contributed by atoms with Gasteiger partial charge in [0.1, 0.15) is 0 Å². The molecule has 0 fully saturated rings. The summed E-state index contributed by atoms with van der Waals surface area (Å²) in [5.41, 5.74) is 7.83. The van der Waals surface area contributed by atoms with Crippen LogP contribution in [-0.2, 0) is 0 Å². The first kappa shape index (κ1) is 17.3. The molecule has 0 saturated heterocycles. The van der Waals surface area contributed by atoms with E-state index < -0.39 is 0 Å².